The predicted octanol–water partition coefficient (Wildman–Crippen LogP) is 2.42. The van der Waals surface area contributed by atoms with E-state index >= 15 is 0 Å². The van der Waals surface area contributed by atoms with E-state index in [0.29, 0.717) is 11.3 Å². The maximum atomic E-state index is 5.47. The molecule has 1 aliphatic rings. The highest BCUT2D eigenvalue weighted by Gasteiger charge is 2.29. The van der Waals surface area contributed by atoms with Gasteiger partial charge in [-0.25, -0.2) is 0 Å². The van der Waals surface area contributed by atoms with Crippen molar-refractivity contribution in [3.05, 3.63) is 0 Å². The minimum absolute atomic E-state index is 0.288. The third-order valence-corrected chi connectivity index (χ3v) is 3.35. The van der Waals surface area contributed by atoms with Crippen molar-refractivity contribution in [2.24, 2.45) is 11.3 Å². The van der Waals surface area contributed by atoms with Crippen molar-refractivity contribution in [3.8, 4) is 12.3 Å². The second-order valence-electron chi connectivity index (χ2n) is 4.93. The maximum Gasteiger partial charge on any atom is 0.0713 e. The van der Waals surface area contributed by atoms with E-state index in [1.54, 1.807) is 0 Å². The molecule has 0 heterocycles. The number of nitrogens with one attached hydrogen (secondary N) is 1. The normalized spacial score (nSPS) is 25.1. The average Bonchev–Trinajstić information content (AvgIpc) is 2.09. The molecule has 1 unspecified atom stereocenters. The Labute approximate surface area is 82.3 Å². The van der Waals surface area contributed by atoms with Crippen LogP contribution < -0.4 is 5.32 Å². The Balaban J connectivity index is 2.45. The van der Waals surface area contributed by atoms with Crippen LogP contribution in [0.1, 0.15) is 39.5 Å². The summed E-state index contributed by atoms with van der Waals surface area (Å²) in [6.07, 6.45) is 10.7. The Morgan fingerprint density at radius 3 is 2.31 bits per heavy atom. The monoisotopic (exact) mass is 179 g/mol. The molecular weight excluding hydrogens is 158 g/mol. The lowest BCUT2D eigenvalue weighted by molar-refractivity contribution is 0.178. The van der Waals surface area contributed by atoms with Crippen LogP contribution in [0.15, 0.2) is 0 Å². The van der Waals surface area contributed by atoms with Gasteiger partial charge >= 0.3 is 0 Å². The Bertz CT molecular complexity index is 190. The summed E-state index contributed by atoms with van der Waals surface area (Å²) < 4.78 is 0. The zero-order valence-electron chi connectivity index (χ0n) is 9.06. The number of terminal acetylenes is 1. The first kappa shape index (κ1) is 10.6. The van der Waals surface area contributed by atoms with Gasteiger partial charge in [-0.1, -0.05) is 19.8 Å². The first-order valence-electron chi connectivity index (χ1n) is 5.22. The van der Waals surface area contributed by atoms with Gasteiger partial charge in [-0.2, -0.15) is 0 Å². The van der Waals surface area contributed by atoms with Crippen molar-refractivity contribution in [3.63, 3.8) is 0 Å². The number of rotatable bonds is 2. The zero-order valence-corrected chi connectivity index (χ0v) is 9.06. The van der Waals surface area contributed by atoms with E-state index in [0.717, 1.165) is 0 Å². The lowest BCUT2D eigenvalue weighted by Crippen LogP contribution is -2.36. The Kier molecular flexibility index (Phi) is 3.39. The molecule has 0 saturated heterocycles. The minimum Gasteiger partial charge on any atom is -0.307 e. The molecule has 0 bridgehead atoms. The minimum atomic E-state index is 0.288. The standard InChI is InChI=1S/C12H21N/c1-5-11(13-4)10-6-8-12(2,3)9-7-10/h1,10-11,13H,6-9H2,2-4H3. The van der Waals surface area contributed by atoms with E-state index in [1.807, 2.05) is 7.05 Å². The molecule has 1 N–H and O–H groups in total. The summed E-state index contributed by atoms with van der Waals surface area (Å²) in [7, 11) is 1.96. The van der Waals surface area contributed by atoms with E-state index in [9.17, 15) is 0 Å². The lowest BCUT2D eigenvalue weighted by atomic mass is 9.71. The van der Waals surface area contributed by atoms with Crippen LogP contribution in [0.4, 0.5) is 0 Å². The molecule has 0 aromatic heterocycles. The second-order valence-corrected chi connectivity index (χ2v) is 4.93. The van der Waals surface area contributed by atoms with Gasteiger partial charge in [-0.05, 0) is 44.1 Å². The van der Waals surface area contributed by atoms with Crippen LogP contribution in [0.3, 0.4) is 0 Å². The van der Waals surface area contributed by atoms with Crippen molar-refractivity contribution in [1.82, 2.24) is 5.32 Å². The highest BCUT2D eigenvalue weighted by molar-refractivity contribution is 5.03. The van der Waals surface area contributed by atoms with Crippen LogP contribution in [0.5, 0.6) is 0 Å². The van der Waals surface area contributed by atoms with Crippen molar-refractivity contribution in [1.29, 1.82) is 0 Å². The molecular formula is C12H21N. The second kappa shape index (κ2) is 4.15. The Morgan fingerprint density at radius 2 is 1.92 bits per heavy atom. The smallest absolute Gasteiger partial charge is 0.0713 e. The van der Waals surface area contributed by atoms with E-state index in [-0.39, 0.29) is 6.04 Å². The third kappa shape index (κ3) is 2.74. The van der Waals surface area contributed by atoms with Gasteiger partial charge in [-0.3, -0.25) is 0 Å². The van der Waals surface area contributed by atoms with Gasteiger partial charge in [0.1, 0.15) is 0 Å². The summed E-state index contributed by atoms with van der Waals surface area (Å²) in [6, 6.07) is 0.288. The van der Waals surface area contributed by atoms with E-state index < -0.39 is 0 Å². The zero-order chi connectivity index (χ0) is 9.90. The largest absolute Gasteiger partial charge is 0.307 e. The van der Waals surface area contributed by atoms with E-state index in [2.05, 4.69) is 25.1 Å². The van der Waals surface area contributed by atoms with Gasteiger partial charge in [0.25, 0.3) is 0 Å². The van der Waals surface area contributed by atoms with Gasteiger partial charge in [0, 0.05) is 0 Å². The summed E-state index contributed by atoms with van der Waals surface area (Å²) in [5, 5.41) is 3.21. The number of hydrogen-bond acceptors (Lipinski definition) is 1. The first-order chi connectivity index (χ1) is 6.09. The maximum absolute atomic E-state index is 5.47. The van der Waals surface area contributed by atoms with Crippen LogP contribution in [0.2, 0.25) is 0 Å². The van der Waals surface area contributed by atoms with Crippen molar-refractivity contribution in [2.45, 2.75) is 45.6 Å². The molecule has 13 heavy (non-hydrogen) atoms. The summed E-state index contributed by atoms with van der Waals surface area (Å²) in [4.78, 5) is 0. The molecule has 1 aliphatic carbocycles. The Morgan fingerprint density at radius 1 is 1.38 bits per heavy atom. The highest BCUT2D eigenvalue weighted by atomic mass is 14.9. The van der Waals surface area contributed by atoms with Crippen LogP contribution in [-0.2, 0) is 0 Å². The van der Waals surface area contributed by atoms with Gasteiger partial charge in [0.15, 0.2) is 0 Å². The molecule has 1 heteroatoms. The van der Waals surface area contributed by atoms with Gasteiger partial charge in [-0.15, -0.1) is 6.42 Å². The van der Waals surface area contributed by atoms with Gasteiger partial charge in [0.2, 0.25) is 0 Å². The molecule has 0 amide bonds. The van der Waals surface area contributed by atoms with Crippen molar-refractivity contribution >= 4 is 0 Å². The fourth-order valence-corrected chi connectivity index (χ4v) is 2.21. The van der Waals surface area contributed by atoms with Crippen LogP contribution >= 0.6 is 0 Å². The van der Waals surface area contributed by atoms with Gasteiger partial charge < -0.3 is 5.32 Å². The SMILES string of the molecule is C#CC(NC)C1CCC(C)(C)CC1. The predicted molar refractivity (Wildman–Crippen MR) is 57.4 cm³/mol. The van der Waals surface area contributed by atoms with Crippen LogP contribution in [-0.4, -0.2) is 13.1 Å². The molecule has 1 saturated carbocycles. The molecule has 0 aliphatic heterocycles. The number of hydrogen-bond donors (Lipinski definition) is 1. The molecule has 0 radical (unpaired) electrons. The average molecular weight is 179 g/mol. The first-order valence-corrected chi connectivity index (χ1v) is 5.22. The molecule has 0 spiro atoms. The topological polar surface area (TPSA) is 12.0 Å². The van der Waals surface area contributed by atoms with Gasteiger partial charge in [0.05, 0.1) is 6.04 Å². The summed E-state index contributed by atoms with van der Waals surface area (Å²) in [5.41, 5.74) is 0.545. The summed E-state index contributed by atoms with van der Waals surface area (Å²) >= 11 is 0. The lowest BCUT2D eigenvalue weighted by Gasteiger charge is -2.36. The summed E-state index contributed by atoms with van der Waals surface area (Å²) in [5.74, 6) is 3.53. The van der Waals surface area contributed by atoms with E-state index in [4.69, 9.17) is 6.42 Å². The fraction of sp³-hybridized carbons (Fsp3) is 0.833. The molecule has 0 aromatic carbocycles. The molecule has 1 atom stereocenters. The molecule has 1 nitrogen and oxygen atoms in total. The molecule has 0 aromatic rings. The fourth-order valence-electron chi connectivity index (χ4n) is 2.21. The van der Waals surface area contributed by atoms with Crippen LogP contribution in [0.25, 0.3) is 0 Å². The van der Waals surface area contributed by atoms with Crippen molar-refractivity contribution in [2.75, 3.05) is 7.05 Å². The molecule has 1 fully saturated rings. The van der Waals surface area contributed by atoms with Crippen LogP contribution in [0, 0.1) is 23.7 Å². The third-order valence-electron chi connectivity index (χ3n) is 3.35. The highest BCUT2D eigenvalue weighted by Crippen LogP contribution is 2.38. The molecule has 1 rings (SSSR count). The van der Waals surface area contributed by atoms with Crippen molar-refractivity contribution < 1.29 is 0 Å². The molecule has 74 valence electrons. The quantitative estimate of drug-likeness (QED) is 0.642. The Hall–Kier alpha value is -0.480. The van der Waals surface area contributed by atoms with E-state index in [1.165, 1.54) is 25.7 Å². The summed E-state index contributed by atoms with van der Waals surface area (Å²) in [6.45, 7) is 4.71.